The molecule has 2 aromatic heterocycles. The van der Waals surface area contributed by atoms with E-state index in [1.165, 1.54) is 15.6 Å². The van der Waals surface area contributed by atoms with Gasteiger partial charge in [-0.1, -0.05) is 35.4 Å². The first-order chi connectivity index (χ1) is 21.9. The summed E-state index contributed by atoms with van der Waals surface area (Å²) >= 11 is 7.82. The number of benzene rings is 2. The van der Waals surface area contributed by atoms with Crippen molar-refractivity contribution in [3.05, 3.63) is 76.3 Å². The third-order valence-corrected chi connectivity index (χ3v) is 12.2. The van der Waals surface area contributed by atoms with Crippen molar-refractivity contribution in [2.45, 2.75) is 32.6 Å². The summed E-state index contributed by atoms with van der Waals surface area (Å²) in [6.07, 6.45) is 2.28. The molecule has 8 rings (SSSR count). The summed E-state index contributed by atoms with van der Waals surface area (Å²) < 4.78 is 2.58. The average molecular weight is 657 g/mol. The molecule has 12 heteroatoms. The summed E-state index contributed by atoms with van der Waals surface area (Å²) in [6.45, 7) is 3.78. The molecule has 2 N–H and O–H groups in total. The molecule has 46 heavy (non-hydrogen) atoms. The van der Waals surface area contributed by atoms with Gasteiger partial charge in [0.15, 0.2) is 0 Å². The highest BCUT2D eigenvalue weighted by Gasteiger charge is 2.68. The van der Waals surface area contributed by atoms with Crippen LogP contribution >= 0.6 is 22.9 Å². The number of carbonyl (C=O) groups is 4. The second-order valence-corrected chi connectivity index (χ2v) is 14.4. The van der Waals surface area contributed by atoms with Crippen LogP contribution in [0.5, 0.6) is 5.75 Å². The minimum Gasteiger partial charge on any atom is -0.508 e. The smallest absolute Gasteiger partial charge is 0.257 e. The lowest BCUT2D eigenvalue weighted by Crippen LogP contribution is -2.48. The summed E-state index contributed by atoms with van der Waals surface area (Å²) in [7, 11) is 1.70. The van der Waals surface area contributed by atoms with Crippen molar-refractivity contribution in [2.75, 3.05) is 4.90 Å². The van der Waals surface area contributed by atoms with Crippen LogP contribution in [0, 0.1) is 36.0 Å². The van der Waals surface area contributed by atoms with E-state index in [2.05, 4.69) is 0 Å². The van der Waals surface area contributed by atoms with Crippen LogP contribution < -0.4 is 4.90 Å². The van der Waals surface area contributed by atoms with E-state index in [1.807, 2.05) is 31.2 Å². The molecule has 1 saturated carbocycles. The molecular weight excluding hydrogens is 628 g/mol. The fraction of sp³-hybridized carbons (Fsp3) is 0.324. The second-order valence-electron chi connectivity index (χ2n) is 13.0. The zero-order chi connectivity index (χ0) is 32.4. The van der Waals surface area contributed by atoms with Crippen LogP contribution in [0.2, 0.25) is 5.02 Å². The molecule has 4 aliphatic rings. The fourth-order valence-electron chi connectivity index (χ4n) is 8.52. The number of phenolic OH excluding ortho intramolecular Hbond substituents is 1. The molecule has 0 spiro atoms. The van der Waals surface area contributed by atoms with Gasteiger partial charge in [0.1, 0.15) is 17.3 Å². The molecule has 2 saturated heterocycles. The molecule has 2 aliphatic carbocycles. The predicted molar refractivity (Wildman–Crippen MR) is 170 cm³/mol. The van der Waals surface area contributed by atoms with Gasteiger partial charge >= 0.3 is 0 Å². The highest BCUT2D eigenvalue weighted by atomic mass is 35.5. The number of aromatic nitrogens is 2. The Morgan fingerprint density at radius 2 is 1.80 bits per heavy atom. The third kappa shape index (κ3) is 3.76. The van der Waals surface area contributed by atoms with Gasteiger partial charge in [-0.05, 0) is 79.5 Å². The first kappa shape index (κ1) is 29.1. The van der Waals surface area contributed by atoms with Gasteiger partial charge in [0.25, 0.3) is 11.8 Å². The van der Waals surface area contributed by atoms with Crippen LogP contribution in [0.25, 0.3) is 20.7 Å². The highest BCUT2D eigenvalue weighted by molar-refractivity contribution is 7.22. The van der Waals surface area contributed by atoms with E-state index in [0.717, 1.165) is 26.1 Å². The zero-order valence-electron chi connectivity index (χ0n) is 25.1. The fourth-order valence-corrected chi connectivity index (χ4v) is 9.83. The Labute approximate surface area is 272 Å². The van der Waals surface area contributed by atoms with Crippen LogP contribution in [0.4, 0.5) is 5.82 Å². The van der Waals surface area contributed by atoms with Crippen LogP contribution in [0.15, 0.2) is 60.2 Å². The lowest BCUT2D eigenvalue weighted by Gasteiger charge is -2.49. The molecule has 4 heterocycles. The van der Waals surface area contributed by atoms with Gasteiger partial charge in [-0.3, -0.25) is 29.1 Å². The summed E-state index contributed by atoms with van der Waals surface area (Å²) in [6, 6.07) is 14.1. The van der Waals surface area contributed by atoms with E-state index in [9.17, 15) is 29.5 Å². The molecule has 6 atom stereocenters. The maximum absolute atomic E-state index is 14.7. The molecule has 0 radical (unpaired) electrons. The Morgan fingerprint density at radius 3 is 2.57 bits per heavy atom. The topological polar surface area (TPSA) is 133 Å². The van der Waals surface area contributed by atoms with Gasteiger partial charge in [0.2, 0.25) is 11.8 Å². The van der Waals surface area contributed by atoms with E-state index in [0.29, 0.717) is 22.1 Å². The number of nitrogens with zero attached hydrogens (tertiary/aromatic N) is 4. The molecule has 4 amide bonds. The van der Waals surface area contributed by atoms with Gasteiger partial charge in [-0.15, -0.1) is 11.3 Å². The number of carbonyl (C=O) groups excluding carboxylic acids is 4. The standard InChI is InChI=1S/C34H29ClN4O6S/c1-15-21-12-17(35)7-10-25(21)46-29(15)24-14-26(37(3)36-24)38-31(42)23-13-22-19(8-9-20-27(22)32(43)39(45)30(20)41)28(34(23,2)33(38)44)16-5-4-6-18(40)11-16/h4-8,10-12,14,20,22-23,27-28,40,45H,9,13H2,1-3H3. The second kappa shape index (κ2) is 9.84. The number of amides is 4. The van der Waals surface area contributed by atoms with Gasteiger partial charge in [0.05, 0.1) is 28.0 Å². The molecule has 234 valence electrons. The van der Waals surface area contributed by atoms with Gasteiger partial charge in [0, 0.05) is 28.8 Å². The van der Waals surface area contributed by atoms with Crippen molar-refractivity contribution in [3.63, 3.8) is 0 Å². The molecular formula is C34H29ClN4O6S. The highest BCUT2D eigenvalue weighted by Crippen LogP contribution is 2.63. The lowest BCUT2D eigenvalue weighted by atomic mass is 9.51. The van der Waals surface area contributed by atoms with Gasteiger partial charge in [-0.25, -0.2) is 4.90 Å². The number of aromatic hydroxyl groups is 1. The van der Waals surface area contributed by atoms with E-state index < -0.39 is 58.6 Å². The van der Waals surface area contributed by atoms with Crippen molar-refractivity contribution in [1.29, 1.82) is 0 Å². The van der Waals surface area contributed by atoms with E-state index in [4.69, 9.17) is 16.7 Å². The van der Waals surface area contributed by atoms with Gasteiger partial charge < -0.3 is 5.11 Å². The van der Waals surface area contributed by atoms with Gasteiger partial charge in [-0.2, -0.15) is 10.2 Å². The molecule has 3 fully saturated rings. The minimum atomic E-state index is -1.26. The number of thiophene rings is 1. The molecule has 2 aromatic carbocycles. The molecule has 10 nitrogen and oxygen atoms in total. The lowest BCUT2D eigenvalue weighted by molar-refractivity contribution is -0.173. The number of phenols is 1. The van der Waals surface area contributed by atoms with Crippen molar-refractivity contribution >= 4 is 62.5 Å². The number of anilines is 1. The van der Waals surface area contributed by atoms with Crippen molar-refractivity contribution in [2.24, 2.45) is 36.1 Å². The molecule has 6 unspecified atom stereocenters. The number of hydrogen-bond donors (Lipinski definition) is 2. The molecule has 4 aromatic rings. The molecule has 2 aliphatic heterocycles. The number of rotatable bonds is 3. The average Bonchev–Trinajstić information content (AvgIpc) is 3.68. The predicted octanol–water partition coefficient (Wildman–Crippen LogP) is 5.59. The van der Waals surface area contributed by atoms with Crippen LogP contribution in [-0.2, 0) is 26.2 Å². The number of hydrogen-bond acceptors (Lipinski definition) is 8. The Hall–Kier alpha value is -4.32. The van der Waals surface area contributed by atoms with Crippen molar-refractivity contribution in [3.8, 4) is 16.3 Å². The number of imide groups is 2. The van der Waals surface area contributed by atoms with Crippen LogP contribution in [0.3, 0.4) is 0 Å². The summed E-state index contributed by atoms with van der Waals surface area (Å²) in [5, 5.41) is 27.3. The molecule has 0 bridgehead atoms. The first-order valence-electron chi connectivity index (χ1n) is 15.1. The minimum absolute atomic E-state index is 0.00705. The number of halogens is 1. The van der Waals surface area contributed by atoms with E-state index in [1.54, 1.807) is 49.6 Å². The Morgan fingerprint density at radius 1 is 1.02 bits per heavy atom. The first-order valence-corrected chi connectivity index (χ1v) is 16.3. The zero-order valence-corrected chi connectivity index (χ0v) is 26.7. The Bertz CT molecular complexity index is 2080. The maximum atomic E-state index is 14.7. The van der Waals surface area contributed by atoms with Crippen LogP contribution in [-0.4, -0.2) is 48.8 Å². The number of hydroxylamine groups is 2. The normalized spacial score (nSPS) is 29.0. The summed E-state index contributed by atoms with van der Waals surface area (Å²) in [5.74, 6) is -5.44. The third-order valence-electron chi connectivity index (χ3n) is 10.7. The summed E-state index contributed by atoms with van der Waals surface area (Å²) in [4.78, 5) is 57.3. The SMILES string of the molecule is Cc1c(-c2cc(N3C(=O)C4CC5C(=CCC6C(=O)N(O)C(=O)C65)C(c5cccc(O)c5)C4(C)C3=O)n(C)n2)sc2ccc(Cl)cc12. The van der Waals surface area contributed by atoms with Crippen molar-refractivity contribution < 1.29 is 29.5 Å². The maximum Gasteiger partial charge on any atom is 0.257 e. The number of fused-ring (bicyclic) bond motifs is 5. The van der Waals surface area contributed by atoms with Crippen LogP contribution in [0.1, 0.15) is 36.8 Å². The monoisotopic (exact) mass is 656 g/mol. The Balaban J connectivity index is 1.25. The van der Waals surface area contributed by atoms with E-state index >= 15 is 0 Å². The van der Waals surface area contributed by atoms with E-state index in [-0.39, 0.29) is 23.7 Å². The Kier molecular flexibility index (Phi) is 6.23. The van der Waals surface area contributed by atoms with Crippen molar-refractivity contribution in [1.82, 2.24) is 14.8 Å². The summed E-state index contributed by atoms with van der Waals surface area (Å²) in [5.41, 5.74) is 1.76. The largest absolute Gasteiger partial charge is 0.508 e. The quantitative estimate of drug-likeness (QED) is 0.167. The number of aryl methyl sites for hydroxylation is 2. The number of allylic oxidation sites excluding steroid dienone is 2.